The van der Waals surface area contributed by atoms with Crippen LogP contribution < -0.4 is 10.6 Å². The first-order valence-electron chi connectivity index (χ1n) is 7.50. The molecule has 0 aromatic heterocycles. The molecule has 0 bridgehead atoms. The van der Waals surface area contributed by atoms with Gasteiger partial charge in [0.05, 0.1) is 0 Å². The Bertz CT molecular complexity index is 399. The second-order valence-corrected chi connectivity index (χ2v) is 5.51. The third kappa shape index (κ3) is 4.94. The van der Waals surface area contributed by atoms with Gasteiger partial charge in [0, 0.05) is 18.7 Å². The molecular formula is C16H25N3O. The van der Waals surface area contributed by atoms with Gasteiger partial charge in [0.25, 0.3) is 0 Å². The minimum Gasteiger partial charge on any atom is -0.326 e. The number of nitrogens with one attached hydrogen (secondary N) is 2. The van der Waals surface area contributed by atoms with Gasteiger partial charge < -0.3 is 15.5 Å². The van der Waals surface area contributed by atoms with E-state index in [2.05, 4.69) is 15.5 Å². The SMILES string of the molecule is CNCC1CCN(CCC(=O)Nc2ccccc2)CC1. The average molecular weight is 275 g/mol. The zero-order valence-corrected chi connectivity index (χ0v) is 12.3. The van der Waals surface area contributed by atoms with Crippen LogP contribution in [0, 0.1) is 5.92 Å². The fraction of sp³-hybridized carbons (Fsp3) is 0.562. The van der Waals surface area contributed by atoms with Gasteiger partial charge in [-0.2, -0.15) is 0 Å². The molecule has 0 spiro atoms. The molecular weight excluding hydrogens is 250 g/mol. The summed E-state index contributed by atoms with van der Waals surface area (Å²) in [5.74, 6) is 0.906. The number of nitrogens with zero attached hydrogens (tertiary/aromatic N) is 1. The van der Waals surface area contributed by atoms with Gasteiger partial charge in [-0.1, -0.05) is 18.2 Å². The van der Waals surface area contributed by atoms with E-state index in [0.717, 1.165) is 37.8 Å². The van der Waals surface area contributed by atoms with Crippen molar-refractivity contribution in [3.63, 3.8) is 0 Å². The zero-order valence-electron chi connectivity index (χ0n) is 12.3. The number of anilines is 1. The van der Waals surface area contributed by atoms with E-state index < -0.39 is 0 Å². The van der Waals surface area contributed by atoms with Gasteiger partial charge >= 0.3 is 0 Å². The van der Waals surface area contributed by atoms with E-state index in [1.165, 1.54) is 12.8 Å². The molecule has 4 nitrogen and oxygen atoms in total. The van der Waals surface area contributed by atoms with Gasteiger partial charge in [-0.3, -0.25) is 4.79 Å². The normalized spacial score (nSPS) is 17.1. The summed E-state index contributed by atoms with van der Waals surface area (Å²) in [6, 6.07) is 9.65. The monoisotopic (exact) mass is 275 g/mol. The Labute approximate surface area is 121 Å². The second-order valence-electron chi connectivity index (χ2n) is 5.51. The van der Waals surface area contributed by atoms with Gasteiger partial charge in [-0.25, -0.2) is 0 Å². The number of hydrogen-bond acceptors (Lipinski definition) is 3. The Hall–Kier alpha value is -1.39. The summed E-state index contributed by atoms with van der Waals surface area (Å²) >= 11 is 0. The van der Waals surface area contributed by atoms with E-state index in [0.29, 0.717) is 6.42 Å². The van der Waals surface area contributed by atoms with Crippen LogP contribution >= 0.6 is 0 Å². The fourth-order valence-corrected chi connectivity index (χ4v) is 2.71. The lowest BCUT2D eigenvalue weighted by Crippen LogP contribution is -2.38. The zero-order chi connectivity index (χ0) is 14.2. The largest absolute Gasteiger partial charge is 0.326 e. The molecule has 1 saturated heterocycles. The van der Waals surface area contributed by atoms with Crippen molar-refractivity contribution in [2.45, 2.75) is 19.3 Å². The third-order valence-corrected chi connectivity index (χ3v) is 3.91. The molecule has 1 amide bonds. The number of carbonyl (C=O) groups is 1. The highest BCUT2D eigenvalue weighted by molar-refractivity contribution is 5.90. The van der Waals surface area contributed by atoms with E-state index >= 15 is 0 Å². The molecule has 1 fully saturated rings. The van der Waals surface area contributed by atoms with Crippen LogP contribution in [0.15, 0.2) is 30.3 Å². The average Bonchev–Trinajstić information content (AvgIpc) is 2.48. The van der Waals surface area contributed by atoms with Gasteiger partial charge in [-0.15, -0.1) is 0 Å². The van der Waals surface area contributed by atoms with E-state index in [9.17, 15) is 4.79 Å². The predicted molar refractivity (Wildman–Crippen MR) is 82.8 cm³/mol. The van der Waals surface area contributed by atoms with Crippen LogP contribution in [-0.2, 0) is 4.79 Å². The van der Waals surface area contributed by atoms with Crippen LogP contribution in [0.5, 0.6) is 0 Å². The highest BCUT2D eigenvalue weighted by Crippen LogP contribution is 2.16. The quantitative estimate of drug-likeness (QED) is 0.834. The molecule has 0 saturated carbocycles. The van der Waals surface area contributed by atoms with Gasteiger partial charge in [-0.05, 0) is 57.6 Å². The molecule has 1 heterocycles. The standard InChI is InChI=1S/C16H25N3O/c1-17-13-14-7-10-19(11-8-14)12-9-16(20)18-15-5-3-2-4-6-15/h2-6,14,17H,7-13H2,1H3,(H,18,20). The number of amides is 1. The Morgan fingerprint density at radius 2 is 1.95 bits per heavy atom. The van der Waals surface area contributed by atoms with E-state index in [-0.39, 0.29) is 5.91 Å². The third-order valence-electron chi connectivity index (χ3n) is 3.91. The smallest absolute Gasteiger partial charge is 0.225 e. The minimum atomic E-state index is 0.105. The van der Waals surface area contributed by atoms with Crippen molar-refractivity contribution in [1.82, 2.24) is 10.2 Å². The minimum absolute atomic E-state index is 0.105. The molecule has 0 aliphatic carbocycles. The summed E-state index contributed by atoms with van der Waals surface area (Å²) in [6.07, 6.45) is 3.05. The Balaban J connectivity index is 1.64. The molecule has 1 aromatic carbocycles. The Morgan fingerprint density at radius 1 is 1.25 bits per heavy atom. The lowest BCUT2D eigenvalue weighted by Gasteiger charge is -2.31. The van der Waals surface area contributed by atoms with E-state index in [1.807, 2.05) is 37.4 Å². The van der Waals surface area contributed by atoms with Gasteiger partial charge in [0.2, 0.25) is 5.91 Å². The molecule has 110 valence electrons. The molecule has 0 unspecified atom stereocenters. The predicted octanol–water partition coefficient (Wildman–Crippen LogP) is 1.95. The number of hydrogen-bond donors (Lipinski definition) is 2. The van der Waals surface area contributed by atoms with Crippen molar-refractivity contribution in [2.24, 2.45) is 5.92 Å². The van der Waals surface area contributed by atoms with Crippen molar-refractivity contribution in [3.8, 4) is 0 Å². The van der Waals surface area contributed by atoms with E-state index in [4.69, 9.17) is 0 Å². The van der Waals surface area contributed by atoms with Crippen molar-refractivity contribution < 1.29 is 4.79 Å². The van der Waals surface area contributed by atoms with Crippen LogP contribution in [0.4, 0.5) is 5.69 Å². The molecule has 1 aliphatic heterocycles. The molecule has 2 rings (SSSR count). The summed E-state index contributed by atoms with van der Waals surface area (Å²) in [7, 11) is 2.01. The van der Waals surface area contributed by atoms with Gasteiger partial charge in [0.1, 0.15) is 0 Å². The maximum Gasteiger partial charge on any atom is 0.225 e. The summed E-state index contributed by atoms with van der Waals surface area (Å²) in [4.78, 5) is 14.3. The van der Waals surface area contributed by atoms with Crippen LogP contribution in [0.25, 0.3) is 0 Å². The highest BCUT2D eigenvalue weighted by Gasteiger charge is 2.18. The number of para-hydroxylation sites is 1. The lowest BCUT2D eigenvalue weighted by molar-refractivity contribution is -0.116. The Kier molecular flexibility index (Phi) is 6.02. The molecule has 20 heavy (non-hydrogen) atoms. The summed E-state index contributed by atoms with van der Waals surface area (Å²) in [5.41, 5.74) is 0.880. The lowest BCUT2D eigenvalue weighted by atomic mass is 9.97. The van der Waals surface area contributed by atoms with Crippen molar-refractivity contribution in [2.75, 3.05) is 38.5 Å². The highest BCUT2D eigenvalue weighted by atomic mass is 16.1. The van der Waals surface area contributed by atoms with Crippen LogP contribution in [0.1, 0.15) is 19.3 Å². The van der Waals surface area contributed by atoms with Crippen LogP contribution in [0.3, 0.4) is 0 Å². The number of piperidine rings is 1. The van der Waals surface area contributed by atoms with Crippen LogP contribution in [0.2, 0.25) is 0 Å². The number of rotatable bonds is 6. The molecule has 0 atom stereocenters. The van der Waals surface area contributed by atoms with Crippen molar-refractivity contribution >= 4 is 11.6 Å². The first kappa shape index (κ1) is 15.0. The van der Waals surface area contributed by atoms with Gasteiger partial charge in [0.15, 0.2) is 0 Å². The molecule has 1 aliphatic rings. The Morgan fingerprint density at radius 3 is 2.60 bits per heavy atom. The van der Waals surface area contributed by atoms with Crippen molar-refractivity contribution in [3.05, 3.63) is 30.3 Å². The van der Waals surface area contributed by atoms with E-state index in [1.54, 1.807) is 0 Å². The first-order chi connectivity index (χ1) is 9.78. The number of benzene rings is 1. The van der Waals surface area contributed by atoms with Crippen molar-refractivity contribution in [1.29, 1.82) is 0 Å². The summed E-state index contributed by atoms with van der Waals surface area (Å²) in [6.45, 7) is 4.21. The molecule has 0 radical (unpaired) electrons. The number of carbonyl (C=O) groups excluding carboxylic acids is 1. The van der Waals surface area contributed by atoms with Crippen LogP contribution in [-0.4, -0.2) is 44.0 Å². The maximum absolute atomic E-state index is 11.9. The maximum atomic E-state index is 11.9. The molecule has 1 aromatic rings. The topological polar surface area (TPSA) is 44.4 Å². The second kappa shape index (κ2) is 8.02. The fourth-order valence-electron chi connectivity index (χ4n) is 2.71. The first-order valence-corrected chi connectivity index (χ1v) is 7.50. The summed E-state index contributed by atoms with van der Waals surface area (Å²) < 4.78 is 0. The molecule has 2 N–H and O–H groups in total. The summed E-state index contributed by atoms with van der Waals surface area (Å²) in [5, 5.41) is 6.18. The molecule has 4 heteroatoms. The number of likely N-dealkylation sites (tertiary alicyclic amines) is 1.